The van der Waals surface area contributed by atoms with Crippen LogP contribution in [0.25, 0.3) is 21.2 Å². The van der Waals surface area contributed by atoms with Crippen molar-refractivity contribution in [2.24, 2.45) is 5.92 Å². The van der Waals surface area contributed by atoms with Crippen molar-refractivity contribution >= 4 is 33.9 Å². The smallest absolute Gasteiger partial charge is 0.306 e. The number of rotatable bonds is 4. The van der Waals surface area contributed by atoms with Gasteiger partial charge in [0.25, 0.3) is 0 Å². The van der Waals surface area contributed by atoms with E-state index in [4.69, 9.17) is 5.11 Å². The van der Waals surface area contributed by atoms with Gasteiger partial charge in [0.2, 0.25) is 0 Å². The van der Waals surface area contributed by atoms with Gasteiger partial charge >= 0.3 is 5.97 Å². The largest absolute Gasteiger partial charge is 0.481 e. The van der Waals surface area contributed by atoms with E-state index in [1.807, 2.05) is 24.0 Å². The van der Waals surface area contributed by atoms with Gasteiger partial charge in [-0.15, -0.1) is 11.3 Å². The summed E-state index contributed by atoms with van der Waals surface area (Å²) in [5.74, 6) is -0.123. The third-order valence-electron chi connectivity index (χ3n) is 4.28. The van der Waals surface area contributed by atoms with Crippen LogP contribution in [0.3, 0.4) is 0 Å². The van der Waals surface area contributed by atoms with E-state index in [0.717, 1.165) is 27.0 Å². The number of nitrogens with zero attached hydrogens (tertiary/aromatic N) is 2. The van der Waals surface area contributed by atoms with Crippen molar-refractivity contribution in [3.8, 4) is 10.4 Å². The third kappa shape index (κ3) is 2.77. The average Bonchev–Trinajstić information content (AvgIpc) is 3.03. The van der Waals surface area contributed by atoms with Gasteiger partial charge < -0.3 is 10.4 Å². The Bertz CT molecular complexity index is 857. The molecular formula is C17H15N3O2S. The highest BCUT2D eigenvalue weighted by atomic mass is 32.1. The Morgan fingerprint density at radius 2 is 2.09 bits per heavy atom. The topological polar surface area (TPSA) is 75.1 Å². The number of aliphatic carboxylic acids is 1. The molecular weight excluding hydrogens is 310 g/mol. The summed E-state index contributed by atoms with van der Waals surface area (Å²) in [4.78, 5) is 20.5. The summed E-state index contributed by atoms with van der Waals surface area (Å²) < 4.78 is 0. The van der Waals surface area contributed by atoms with Gasteiger partial charge in [-0.05, 0) is 35.9 Å². The molecule has 4 rings (SSSR count). The molecule has 0 bridgehead atoms. The molecule has 1 saturated carbocycles. The van der Waals surface area contributed by atoms with E-state index in [-0.39, 0.29) is 12.0 Å². The van der Waals surface area contributed by atoms with E-state index in [9.17, 15) is 4.79 Å². The van der Waals surface area contributed by atoms with Crippen molar-refractivity contribution in [1.82, 2.24) is 9.97 Å². The van der Waals surface area contributed by atoms with E-state index < -0.39 is 5.97 Å². The van der Waals surface area contributed by atoms with Gasteiger partial charge in [-0.1, -0.05) is 12.1 Å². The first-order valence-electron chi connectivity index (χ1n) is 7.47. The van der Waals surface area contributed by atoms with Crippen LogP contribution in [0.15, 0.2) is 42.2 Å². The fourth-order valence-corrected chi connectivity index (χ4v) is 3.50. The Morgan fingerprint density at radius 1 is 1.22 bits per heavy atom. The first-order chi connectivity index (χ1) is 11.2. The zero-order valence-electron chi connectivity index (χ0n) is 12.3. The Kier molecular flexibility index (Phi) is 3.46. The van der Waals surface area contributed by atoms with E-state index in [1.165, 1.54) is 0 Å². The first-order valence-corrected chi connectivity index (χ1v) is 8.35. The molecule has 116 valence electrons. The predicted octanol–water partition coefficient (Wildman–Crippen LogP) is 3.63. The van der Waals surface area contributed by atoms with Crippen molar-refractivity contribution < 1.29 is 9.90 Å². The van der Waals surface area contributed by atoms with Gasteiger partial charge in [0, 0.05) is 23.8 Å². The van der Waals surface area contributed by atoms with Crippen LogP contribution in [0, 0.1) is 5.92 Å². The van der Waals surface area contributed by atoms with Crippen LogP contribution in [0.2, 0.25) is 0 Å². The summed E-state index contributed by atoms with van der Waals surface area (Å²) in [5.41, 5.74) is 2.97. The van der Waals surface area contributed by atoms with Crippen molar-refractivity contribution in [1.29, 1.82) is 0 Å². The van der Waals surface area contributed by atoms with Crippen molar-refractivity contribution in [2.45, 2.75) is 18.9 Å². The Balaban J connectivity index is 1.56. The minimum Gasteiger partial charge on any atom is -0.481 e. The Morgan fingerprint density at radius 3 is 2.83 bits per heavy atom. The quantitative estimate of drug-likeness (QED) is 0.766. The average molecular weight is 325 g/mol. The number of carbonyl (C=O) groups is 1. The number of carboxylic acids is 1. The molecule has 23 heavy (non-hydrogen) atoms. The summed E-state index contributed by atoms with van der Waals surface area (Å²) in [6.45, 7) is 0. The van der Waals surface area contributed by atoms with Crippen LogP contribution in [-0.4, -0.2) is 27.1 Å². The lowest BCUT2D eigenvalue weighted by molar-refractivity contribution is -0.144. The summed E-state index contributed by atoms with van der Waals surface area (Å²) in [6, 6.07) is 8.49. The van der Waals surface area contributed by atoms with Crippen LogP contribution in [-0.2, 0) is 4.79 Å². The van der Waals surface area contributed by atoms with Crippen molar-refractivity contribution in [3.63, 3.8) is 0 Å². The molecule has 0 spiro atoms. The molecule has 0 amide bonds. The summed E-state index contributed by atoms with van der Waals surface area (Å²) in [6.07, 6.45) is 5.04. The number of benzene rings is 1. The molecule has 2 aromatic heterocycles. The number of nitrogens with one attached hydrogen (secondary N) is 1. The van der Waals surface area contributed by atoms with Crippen LogP contribution >= 0.6 is 11.3 Å². The molecule has 1 aliphatic rings. The molecule has 0 radical (unpaired) electrons. The maximum Gasteiger partial charge on any atom is 0.306 e. The van der Waals surface area contributed by atoms with Gasteiger partial charge in [-0.3, -0.25) is 9.78 Å². The highest BCUT2D eigenvalue weighted by Gasteiger charge is 2.34. The molecule has 6 heteroatoms. The third-order valence-corrected chi connectivity index (χ3v) is 5.10. The molecule has 0 unspecified atom stereocenters. The molecule has 1 aliphatic carbocycles. The maximum atomic E-state index is 10.9. The SMILES string of the molecule is O=C(O)C1CC(Nc2cc3cc(-c4cncs4)ccc3cn2)C1. The highest BCUT2D eigenvalue weighted by molar-refractivity contribution is 7.13. The van der Waals surface area contributed by atoms with Crippen LogP contribution in [0.4, 0.5) is 5.82 Å². The number of fused-ring (bicyclic) bond motifs is 1. The van der Waals surface area contributed by atoms with Crippen molar-refractivity contribution in [2.75, 3.05) is 5.32 Å². The van der Waals surface area contributed by atoms with Crippen LogP contribution in [0.5, 0.6) is 0 Å². The second-order valence-corrected chi connectivity index (χ2v) is 6.73. The summed E-state index contributed by atoms with van der Waals surface area (Å²) >= 11 is 1.62. The van der Waals surface area contributed by atoms with Crippen molar-refractivity contribution in [3.05, 3.63) is 42.2 Å². The van der Waals surface area contributed by atoms with Gasteiger partial charge in [0.15, 0.2) is 0 Å². The minimum atomic E-state index is -0.705. The number of hydrogen-bond donors (Lipinski definition) is 2. The number of carboxylic acid groups (broad SMARTS) is 1. The predicted molar refractivity (Wildman–Crippen MR) is 90.6 cm³/mol. The molecule has 2 heterocycles. The Labute approximate surface area is 137 Å². The molecule has 5 nitrogen and oxygen atoms in total. The Hall–Kier alpha value is -2.47. The normalized spacial score (nSPS) is 20.2. The van der Waals surface area contributed by atoms with Gasteiger partial charge in [-0.25, -0.2) is 4.98 Å². The molecule has 3 aromatic rings. The van der Waals surface area contributed by atoms with Crippen LogP contribution in [0.1, 0.15) is 12.8 Å². The lowest BCUT2D eigenvalue weighted by atomic mass is 9.80. The number of hydrogen-bond acceptors (Lipinski definition) is 5. The molecule has 1 aromatic carbocycles. The number of aromatic nitrogens is 2. The number of anilines is 1. The fourth-order valence-electron chi connectivity index (χ4n) is 2.88. The monoisotopic (exact) mass is 325 g/mol. The fraction of sp³-hybridized carbons (Fsp3) is 0.235. The standard InChI is InChI=1S/C17H15N3O2S/c21-17(22)13-4-14(5-13)20-16-6-12-3-10(15-8-18-9-23-15)1-2-11(12)7-19-16/h1-3,6-9,13-14H,4-5H2,(H,19,20)(H,21,22). The second kappa shape index (κ2) is 5.62. The maximum absolute atomic E-state index is 10.9. The zero-order valence-corrected chi connectivity index (χ0v) is 13.1. The molecule has 1 fully saturated rings. The molecule has 2 N–H and O–H groups in total. The highest BCUT2D eigenvalue weighted by Crippen LogP contribution is 2.31. The first kappa shape index (κ1) is 14.1. The summed E-state index contributed by atoms with van der Waals surface area (Å²) in [5, 5.41) is 14.5. The molecule has 0 aliphatic heterocycles. The van der Waals surface area contributed by atoms with Crippen LogP contribution < -0.4 is 5.32 Å². The summed E-state index contributed by atoms with van der Waals surface area (Å²) in [7, 11) is 0. The second-order valence-electron chi connectivity index (χ2n) is 5.84. The van der Waals surface area contributed by atoms with Gasteiger partial charge in [0.1, 0.15) is 5.82 Å². The zero-order chi connectivity index (χ0) is 15.8. The number of thiazole rings is 1. The van der Waals surface area contributed by atoms with E-state index >= 15 is 0 Å². The number of pyridine rings is 1. The molecule has 0 atom stereocenters. The molecule has 0 saturated heterocycles. The van der Waals surface area contributed by atoms with Gasteiger partial charge in [-0.2, -0.15) is 0 Å². The minimum absolute atomic E-state index is 0.200. The van der Waals surface area contributed by atoms with Gasteiger partial charge in [0.05, 0.1) is 16.3 Å². The lowest BCUT2D eigenvalue weighted by Crippen LogP contribution is -2.39. The van der Waals surface area contributed by atoms with E-state index in [2.05, 4.69) is 33.5 Å². The van der Waals surface area contributed by atoms with E-state index in [0.29, 0.717) is 12.8 Å². The van der Waals surface area contributed by atoms with E-state index in [1.54, 1.807) is 11.3 Å². The lowest BCUT2D eigenvalue weighted by Gasteiger charge is -2.33.